The summed E-state index contributed by atoms with van der Waals surface area (Å²) in [5, 5.41) is -4.03. The molecule has 0 spiro atoms. The fraction of sp³-hybridized carbons (Fsp3) is 0.417. The predicted molar refractivity (Wildman–Crippen MR) is 199 cm³/mol. The molecule has 0 saturated carbocycles. The quantitative estimate of drug-likeness (QED) is 0.0631. The van der Waals surface area contributed by atoms with Crippen LogP contribution in [-0.2, 0) is 29.2 Å². The molecule has 4 aromatic rings. The molecule has 0 atom stereocenters. The minimum atomic E-state index is -4.51. The van der Waals surface area contributed by atoms with Crippen LogP contribution in [0.3, 0.4) is 0 Å². The molecule has 0 saturated heterocycles. The first kappa shape index (κ1) is 40.9. The van der Waals surface area contributed by atoms with E-state index >= 15 is 0 Å². The molecule has 4 rings (SSSR count). The van der Waals surface area contributed by atoms with Crippen LogP contribution >= 0.6 is 22.8 Å². The first-order valence-electron chi connectivity index (χ1n) is 17.1. The second-order valence-electron chi connectivity index (χ2n) is 12.9. The maximum Gasteiger partial charge on any atom is 0.335 e. The maximum atomic E-state index is 12.6. The number of rotatable bonds is 15. The Morgan fingerprint density at radius 2 is 0.569 bits per heavy atom. The van der Waals surface area contributed by atoms with Gasteiger partial charge < -0.3 is 29.4 Å². The molecule has 6 N–H and O–H groups in total. The summed E-state index contributed by atoms with van der Waals surface area (Å²) < 4.78 is 37.8. The van der Waals surface area contributed by atoms with E-state index in [4.69, 9.17) is 15.0 Å². The molecule has 1 aromatic heterocycles. The molecule has 0 radical (unpaired) electrons. The van der Waals surface area contributed by atoms with E-state index in [1.807, 2.05) is 0 Å². The molecule has 0 aliphatic carbocycles. The molecule has 0 aliphatic rings. The van der Waals surface area contributed by atoms with Crippen molar-refractivity contribution in [2.24, 2.45) is 0 Å². The topological polar surface area (TPSA) is 211 Å². The number of hydrogen-bond donors (Lipinski definition) is 6. The summed E-state index contributed by atoms with van der Waals surface area (Å²) in [5.41, 5.74) is 3.14. The van der Waals surface area contributed by atoms with Gasteiger partial charge in [0.25, 0.3) is 0 Å². The van der Waals surface area contributed by atoms with Crippen LogP contribution in [0.1, 0.15) is 96.8 Å². The average molecular weight is 760 g/mol. The Kier molecular flexibility index (Phi) is 12.2. The van der Waals surface area contributed by atoms with Crippen LogP contribution in [-0.4, -0.2) is 44.3 Å². The van der Waals surface area contributed by atoms with E-state index in [9.17, 15) is 43.1 Å². The third-order valence-electron chi connectivity index (χ3n) is 10.9. The Morgan fingerprint density at radius 3 is 0.706 bits per heavy atom. The third kappa shape index (κ3) is 7.37. The monoisotopic (exact) mass is 759 g/mol. The van der Waals surface area contributed by atoms with Gasteiger partial charge in [0.1, 0.15) is 0 Å². The Morgan fingerprint density at radius 1 is 0.392 bits per heavy atom. The van der Waals surface area contributed by atoms with Gasteiger partial charge in [0, 0.05) is 16.7 Å². The molecule has 0 bridgehead atoms. The normalized spacial score (nSPS) is 13.4. The molecule has 0 fully saturated rings. The van der Waals surface area contributed by atoms with Gasteiger partial charge in [-0.15, -0.1) is 0 Å². The largest absolute Gasteiger partial charge is 0.335 e. The van der Waals surface area contributed by atoms with Crippen LogP contribution in [0, 0.1) is 0 Å². The van der Waals surface area contributed by atoms with E-state index in [1.54, 1.807) is 114 Å². The van der Waals surface area contributed by atoms with Gasteiger partial charge in [0.15, 0.2) is 17.5 Å². The highest BCUT2D eigenvalue weighted by Crippen LogP contribution is 2.63. The summed E-state index contributed by atoms with van der Waals surface area (Å²) in [6, 6.07) is 20.2. The van der Waals surface area contributed by atoms with E-state index in [0.29, 0.717) is 33.4 Å². The molecule has 15 heteroatoms. The Balaban J connectivity index is 1.90. The van der Waals surface area contributed by atoms with Gasteiger partial charge >= 0.3 is 22.8 Å². The molecule has 12 nitrogen and oxygen atoms in total. The highest BCUT2D eigenvalue weighted by atomic mass is 31.2. The van der Waals surface area contributed by atoms with Crippen molar-refractivity contribution in [1.82, 2.24) is 15.0 Å². The van der Waals surface area contributed by atoms with Gasteiger partial charge in [-0.3, -0.25) is 13.7 Å². The minimum absolute atomic E-state index is 0.234. The van der Waals surface area contributed by atoms with Crippen molar-refractivity contribution in [2.45, 2.75) is 95.5 Å². The van der Waals surface area contributed by atoms with Crippen LogP contribution in [0.4, 0.5) is 0 Å². The summed E-state index contributed by atoms with van der Waals surface area (Å²) in [5.74, 6) is 0.800. The number of aromatic nitrogens is 3. The minimum Gasteiger partial charge on any atom is -0.324 e. The summed E-state index contributed by atoms with van der Waals surface area (Å²) >= 11 is 0. The first-order valence-corrected chi connectivity index (χ1v) is 21.9. The second kappa shape index (κ2) is 15.2. The van der Waals surface area contributed by atoms with Crippen molar-refractivity contribution in [1.29, 1.82) is 0 Å². The van der Waals surface area contributed by atoms with Crippen molar-refractivity contribution in [3.8, 4) is 34.2 Å². The lowest BCUT2D eigenvalue weighted by atomic mass is 9.91. The molecule has 0 amide bonds. The fourth-order valence-corrected chi connectivity index (χ4v) is 11.2. The van der Waals surface area contributed by atoms with Crippen molar-refractivity contribution in [2.75, 3.05) is 0 Å². The summed E-state index contributed by atoms with van der Waals surface area (Å²) in [4.78, 5) is 75.9. The van der Waals surface area contributed by atoms with E-state index < -0.39 is 38.3 Å². The van der Waals surface area contributed by atoms with Gasteiger partial charge in [0.2, 0.25) is 0 Å². The smallest absolute Gasteiger partial charge is 0.324 e. The summed E-state index contributed by atoms with van der Waals surface area (Å²) in [6.45, 7) is 10.5. The van der Waals surface area contributed by atoms with Gasteiger partial charge in [-0.25, -0.2) is 15.0 Å². The molecule has 1 heterocycles. The van der Waals surface area contributed by atoms with Crippen LogP contribution in [0.2, 0.25) is 0 Å². The predicted octanol–water partition coefficient (Wildman–Crippen LogP) is 8.45. The van der Waals surface area contributed by atoms with Crippen molar-refractivity contribution >= 4 is 22.8 Å². The van der Waals surface area contributed by atoms with Crippen molar-refractivity contribution < 1.29 is 43.1 Å². The van der Waals surface area contributed by atoms with Gasteiger partial charge in [-0.05, 0) is 55.2 Å². The van der Waals surface area contributed by atoms with E-state index in [-0.39, 0.29) is 56.0 Å². The SMILES string of the molecule is CCC(CC)(c1ccc(-c2nc(-c3ccc(C(CC)(CC)P(=O)(O)O)cc3)nc(-c3ccc(C(CC)(CC)P(=O)(O)O)cc3)n2)cc1)P(=O)(O)O. The zero-order chi connectivity index (χ0) is 38.0. The molecular formula is C36H48N3O9P3. The first-order chi connectivity index (χ1) is 23.8. The Bertz CT molecular complexity index is 1720. The Hall–Kier alpha value is -2.88. The lowest BCUT2D eigenvalue weighted by Gasteiger charge is -2.33. The lowest BCUT2D eigenvalue weighted by molar-refractivity contribution is 0.314. The number of hydrogen-bond acceptors (Lipinski definition) is 6. The maximum absolute atomic E-state index is 12.6. The summed E-state index contributed by atoms with van der Waals surface area (Å²) in [7, 11) is -13.5. The van der Waals surface area contributed by atoms with Crippen LogP contribution < -0.4 is 0 Å². The van der Waals surface area contributed by atoms with Gasteiger partial charge in [-0.2, -0.15) is 0 Å². The van der Waals surface area contributed by atoms with Gasteiger partial charge in [-0.1, -0.05) is 114 Å². The molecule has 51 heavy (non-hydrogen) atoms. The molecule has 3 aromatic carbocycles. The lowest BCUT2D eigenvalue weighted by Crippen LogP contribution is -2.24. The van der Waals surface area contributed by atoms with E-state index in [0.717, 1.165) is 0 Å². The average Bonchev–Trinajstić information content (AvgIpc) is 3.09. The fourth-order valence-electron chi connectivity index (χ4n) is 7.27. The summed E-state index contributed by atoms with van der Waals surface area (Å²) in [6.07, 6.45) is 1.40. The standard InChI is InChI=1S/C36H48N3O9P3/c1-7-34(8-2,49(40,41)42)28-19-13-25(14-20-28)31-37-32(26-15-21-29(22-16-26)35(9-3,10-4)50(43,44)45)39-33(38-31)27-17-23-30(24-18-27)36(11-5,12-6)51(46,47)48/h13-24H,7-12H2,1-6H3,(H2,40,41,42)(H2,43,44,45)(H2,46,47,48). The van der Waals surface area contributed by atoms with Crippen molar-refractivity contribution in [3.63, 3.8) is 0 Å². The van der Waals surface area contributed by atoms with E-state index in [1.165, 1.54) is 0 Å². The third-order valence-corrected chi connectivity index (χ3v) is 16.9. The molecule has 0 aliphatic heterocycles. The zero-order valence-corrected chi connectivity index (χ0v) is 32.4. The number of nitrogens with zero attached hydrogens (tertiary/aromatic N) is 3. The second-order valence-corrected chi connectivity index (χ2v) is 18.7. The van der Waals surface area contributed by atoms with E-state index in [2.05, 4.69) is 0 Å². The highest BCUT2D eigenvalue weighted by molar-refractivity contribution is 7.53. The molecular weight excluding hydrogens is 711 g/mol. The van der Waals surface area contributed by atoms with Crippen LogP contribution in [0.15, 0.2) is 72.8 Å². The van der Waals surface area contributed by atoms with Crippen LogP contribution in [0.5, 0.6) is 0 Å². The van der Waals surface area contributed by atoms with Gasteiger partial charge in [0.05, 0.1) is 15.5 Å². The zero-order valence-electron chi connectivity index (χ0n) is 29.8. The highest BCUT2D eigenvalue weighted by Gasteiger charge is 2.47. The molecule has 276 valence electrons. The molecule has 0 unspecified atom stereocenters. The van der Waals surface area contributed by atoms with Crippen LogP contribution in [0.25, 0.3) is 34.2 Å². The number of benzene rings is 3. The Labute approximate surface area is 299 Å². The van der Waals surface area contributed by atoms with Crippen molar-refractivity contribution in [3.05, 3.63) is 89.5 Å².